The van der Waals surface area contributed by atoms with Crippen molar-refractivity contribution in [3.05, 3.63) is 94.7 Å². The Morgan fingerprint density at radius 1 is 0.905 bits per heavy atom. The molecule has 0 unspecified atom stereocenters. The fourth-order valence-corrected chi connectivity index (χ4v) is 7.23. The predicted molar refractivity (Wildman–Crippen MR) is 175 cm³/mol. The van der Waals surface area contributed by atoms with Gasteiger partial charge in [0.25, 0.3) is 0 Å². The maximum Gasteiger partial charge on any atom is 0.250 e. The lowest BCUT2D eigenvalue weighted by molar-refractivity contribution is 0.307. The van der Waals surface area contributed by atoms with Gasteiger partial charge in [-0.1, -0.05) is 57.2 Å². The molecular weight excluding hydrogens is 607 g/mol. The van der Waals surface area contributed by atoms with E-state index in [1.807, 2.05) is 61.5 Å². The summed E-state index contributed by atoms with van der Waals surface area (Å²) in [5, 5.41) is 1.03. The fourth-order valence-electron chi connectivity index (χ4n) is 4.29. The molecule has 224 valence electrons. The zero-order valence-corrected chi connectivity index (χ0v) is 28.3. The van der Waals surface area contributed by atoms with Crippen LogP contribution in [0.15, 0.2) is 71.6 Å². The number of nitrogens with zero attached hydrogens (tertiary/aromatic N) is 1. The van der Waals surface area contributed by atoms with Crippen molar-refractivity contribution < 1.29 is 17.6 Å². The van der Waals surface area contributed by atoms with Crippen molar-refractivity contribution in [2.24, 2.45) is 0 Å². The molecule has 0 aliphatic rings. The molecular formula is C32H38Cl2N2O4SSi. The highest BCUT2D eigenvalue weighted by atomic mass is 35.5. The number of halogens is 2. The van der Waals surface area contributed by atoms with Crippen molar-refractivity contribution in [2.75, 3.05) is 0 Å². The number of aromatic nitrogens is 1. The van der Waals surface area contributed by atoms with E-state index in [1.54, 1.807) is 12.1 Å². The maximum atomic E-state index is 13.5. The summed E-state index contributed by atoms with van der Waals surface area (Å²) in [7, 11) is -5.87. The number of ether oxygens (including phenoxy) is 1. The lowest BCUT2D eigenvalue weighted by Crippen LogP contribution is -2.43. The van der Waals surface area contributed by atoms with Crippen LogP contribution in [0, 0.1) is 6.92 Å². The van der Waals surface area contributed by atoms with Gasteiger partial charge in [0.15, 0.2) is 0 Å². The monoisotopic (exact) mass is 644 g/mol. The summed E-state index contributed by atoms with van der Waals surface area (Å²) in [6.45, 7) is 13.1. The fraction of sp³-hybridized carbons (Fsp3) is 0.344. The Labute approximate surface area is 260 Å². The van der Waals surface area contributed by atoms with Gasteiger partial charge in [-0.05, 0) is 77.6 Å². The Balaban J connectivity index is 1.54. The first-order chi connectivity index (χ1) is 19.8. The van der Waals surface area contributed by atoms with Crippen LogP contribution >= 0.6 is 23.2 Å². The van der Waals surface area contributed by atoms with Gasteiger partial charge < -0.3 is 9.16 Å². The number of nitrogens with one attached hydrogen (secondary N) is 1. The molecule has 10 heteroatoms. The minimum Gasteiger partial charge on any atom is -0.544 e. The number of rotatable bonds is 11. The number of fused-ring (bicyclic) bond motifs is 1. The third-order valence-corrected chi connectivity index (χ3v) is 14.2. The van der Waals surface area contributed by atoms with Gasteiger partial charge in [-0.25, -0.2) is 18.1 Å². The summed E-state index contributed by atoms with van der Waals surface area (Å²) in [6.07, 6.45) is 0. The second-order valence-corrected chi connectivity index (χ2v) is 18.8. The molecule has 0 saturated carbocycles. The predicted octanol–water partition coefficient (Wildman–Crippen LogP) is 8.46. The average molecular weight is 646 g/mol. The molecule has 6 nitrogen and oxygen atoms in total. The Bertz CT molecular complexity index is 1670. The summed E-state index contributed by atoms with van der Waals surface area (Å²) in [5.41, 5.74) is 4.30. The molecule has 0 spiro atoms. The van der Waals surface area contributed by atoms with Crippen LogP contribution in [0.25, 0.3) is 10.9 Å². The number of sulfonamides is 1. The van der Waals surface area contributed by atoms with E-state index in [2.05, 4.69) is 43.6 Å². The van der Waals surface area contributed by atoms with Gasteiger partial charge in [0.2, 0.25) is 18.3 Å². The normalized spacial score (nSPS) is 12.5. The highest BCUT2D eigenvalue weighted by Gasteiger charge is 2.38. The number of alkyl halides is 2. The van der Waals surface area contributed by atoms with Gasteiger partial charge in [-0.2, -0.15) is 0 Å². The standard InChI is InChI=1S/C32H38Cl2N2O4SSi/c1-22-10-13-24-8-7-9-29(31(24)36-22)39-21-28-25(18-33)14-17-30(27(28)19-34)41(37,38)35-20-23-11-15-26(16-12-23)40-42(5,6)32(2,3)4/h7-17,35H,18-21H2,1-6H3. The van der Waals surface area contributed by atoms with Crippen LogP contribution in [0.4, 0.5) is 0 Å². The minimum absolute atomic E-state index is 0.0218. The lowest BCUT2D eigenvalue weighted by Gasteiger charge is -2.36. The first kappa shape index (κ1) is 32.3. The molecule has 4 rings (SSSR count). The number of para-hydroxylation sites is 1. The van der Waals surface area contributed by atoms with Crippen LogP contribution in [-0.2, 0) is 34.9 Å². The molecule has 0 amide bonds. The second kappa shape index (κ2) is 12.9. The first-order valence-corrected chi connectivity index (χ1v) is 19.2. The van der Waals surface area contributed by atoms with E-state index in [0.29, 0.717) is 16.9 Å². The Hall–Kier alpha value is -2.62. The molecule has 42 heavy (non-hydrogen) atoms. The third kappa shape index (κ3) is 7.29. The first-order valence-electron chi connectivity index (χ1n) is 13.8. The van der Waals surface area contributed by atoms with Crippen LogP contribution in [0.3, 0.4) is 0 Å². The summed E-state index contributed by atoms with van der Waals surface area (Å²) in [6, 6.07) is 20.5. The molecule has 0 aliphatic heterocycles. The van der Waals surface area contributed by atoms with Crippen molar-refractivity contribution in [3.8, 4) is 11.5 Å². The van der Waals surface area contributed by atoms with Crippen molar-refractivity contribution >= 4 is 52.4 Å². The average Bonchev–Trinajstić information content (AvgIpc) is 2.94. The van der Waals surface area contributed by atoms with Gasteiger partial charge in [-0.3, -0.25) is 0 Å². The smallest absolute Gasteiger partial charge is 0.250 e. The van der Waals surface area contributed by atoms with E-state index < -0.39 is 18.3 Å². The van der Waals surface area contributed by atoms with Crippen LogP contribution in [0.5, 0.6) is 11.5 Å². The molecule has 0 bridgehead atoms. The number of hydrogen-bond donors (Lipinski definition) is 1. The van der Waals surface area contributed by atoms with Crippen LogP contribution in [-0.4, -0.2) is 21.7 Å². The highest BCUT2D eigenvalue weighted by molar-refractivity contribution is 7.89. The lowest BCUT2D eigenvalue weighted by atomic mass is 10.0. The SMILES string of the molecule is Cc1ccc2cccc(OCc3c(CCl)ccc(S(=O)(=O)NCc4ccc(O[Si](C)(C)C(C)(C)C)cc4)c3CCl)c2n1. The van der Waals surface area contributed by atoms with E-state index in [-0.39, 0.29) is 34.8 Å². The van der Waals surface area contributed by atoms with E-state index >= 15 is 0 Å². The van der Waals surface area contributed by atoms with Crippen molar-refractivity contribution in [1.29, 1.82) is 0 Å². The van der Waals surface area contributed by atoms with Gasteiger partial charge in [0.1, 0.15) is 23.6 Å². The van der Waals surface area contributed by atoms with Gasteiger partial charge in [-0.15, -0.1) is 23.2 Å². The molecule has 0 atom stereocenters. The molecule has 0 fully saturated rings. The summed E-state index contributed by atoms with van der Waals surface area (Å²) in [5.74, 6) is 1.55. The van der Waals surface area contributed by atoms with Crippen LogP contribution in [0.2, 0.25) is 18.1 Å². The highest BCUT2D eigenvalue weighted by Crippen LogP contribution is 2.37. The van der Waals surface area contributed by atoms with Crippen molar-refractivity contribution in [2.45, 2.75) is 75.6 Å². The minimum atomic E-state index is -3.90. The summed E-state index contributed by atoms with van der Waals surface area (Å²) in [4.78, 5) is 4.73. The van der Waals surface area contributed by atoms with E-state index in [4.69, 9.17) is 32.4 Å². The molecule has 3 aromatic carbocycles. The van der Waals surface area contributed by atoms with Gasteiger partial charge in [0.05, 0.1) is 4.90 Å². The van der Waals surface area contributed by atoms with E-state index in [0.717, 1.165) is 33.5 Å². The number of benzene rings is 3. The molecule has 1 aromatic heterocycles. The number of pyridine rings is 1. The largest absolute Gasteiger partial charge is 0.544 e. The second-order valence-electron chi connectivity index (χ2n) is 11.8. The summed E-state index contributed by atoms with van der Waals surface area (Å²) >= 11 is 12.6. The quantitative estimate of drug-likeness (QED) is 0.131. The molecule has 1 N–H and O–H groups in total. The zero-order valence-electron chi connectivity index (χ0n) is 24.9. The third-order valence-electron chi connectivity index (χ3n) is 7.82. The molecule has 0 saturated heterocycles. The number of aryl methyl sites for hydroxylation is 1. The Morgan fingerprint density at radius 2 is 1.62 bits per heavy atom. The molecule has 0 radical (unpaired) electrons. The topological polar surface area (TPSA) is 77.5 Å². The van der Waals surface area contributed by atoms with Crippen molar-refractivity contribution in [1.82, 2.24) is 9.71 Å². The van der Waals surface area contributed by atoms with Crippen LogP contribution < -0.4 is 13.9 Å². The van der Waals surface area contributed by atoms with Crippen molar-refractivity contribution in [3.63, 3.8) is 0 Å². The molecule has 1 heterocycles. The summed E-state index contributed by atoms with van der Waals surface area (Å²) < 4.78 is 42.3. The van der Waals surface area contributed by atoms with Gasteiger partial charge >= 0.3 is 0 Å². The zero-order chi connectivity index (χ0) is 30.7. The number of hydrogen-bond acceptors (Lipinski definition) is 5. The van der Waals surface area contributed by atoms with E-state index in [1.165, 1.54) is 0 Å². The Morgan fingerprint density at radius 3 is 2.26 bits per heavy atom. The van der Waals surface area contributed by atoms with Gasteiger partial charge in [0, 0.05) is 29.4 Å². The maximum absolute atomic E-state index is 13.5. The van der Waals surface area contributed by atoms with E-state index in [9.17, 15) is 8.42 Å². The van der Waals surface area contributed by atoms with Crippen LogP contribution in [0.1, 0.15) is 48.7 Å². The Kier molecular flexibility index (Phi) is 9.95. The molecule has 0 aliphatic carbocycles. The molecule has 4 aromatic rings.